The Morgan fingerprint density at radius 3 is 2.42 bits per heavy atom. The molecule has 8 nitrogen and oxygen atoms in total. The number of benzene rings is 2. The lowest BCUT2D eigenvalue weighted by Crippen LogP contribution is -2.31. The molecule has 0 spiro atoms. The lowest BCUT2D eigenvalue weighted by Gasteiger charge is -2.15. The maximum atomic E-state index is 13.1. The Morgan fingerprint density at radius 1 is 1.00 bits per heavy atom. The van der Waals surface area contributed by atoms with E-state index >= 15 is 0 Å². The first kappa shape index (κ1) is 20.2. The molecule has 8 heteroatoms. The van der Waals surface area contributed by atoms with E-state index in [1.54, 1.807) is 48.5 Å². The topological polar surface area (TPSA) is 124 Å². The first-order valence-electron chi connectivity index (χ1n) is 9.93. The third-order valence-electron chi connectivity index (χ3n) is 5.24. The Bertz CT molecular complexity index is 1440. The number of aromatic nitrogens is 2. The minimum absolute atomic E-state index is 0.334. The number of fused-ring (bicyclic) bond motifs is 2. The summed E-state index contributed by atoms with van der Waals surface area (Å²) in [7, 11) is 0. The Labute approximate surface area is 176 Å². The molecule has 0 atom stereocenters. The van der Waals surface area contributed by atoms with E-state index in [0.29, 0.717) is 34.8 Å². The zero-order chi connectivity index (χ0) is 22.1. The number of amides is 1. The van der Waals surface area contributed by atoms with E-state index in [1.165, 1.54) is 4.57 Å². The summed E-state index contributed by atoms with van der Waals surface area (Å²) in [5, 5.41) is 24.2. The normalized spacial score (nSPS) is 11.1. The number of unbranched alkanes of at least 4 members (excludes halogenated alkanes) is 1. The maximum Gasteiger partial charge on any atom is 0.276 e. The summed E-state index contributed by atoms with van der Waals surface area (Å²) >= 11 is 0. The first-order chi connectivity index (χ1) is 14.9. The number of carbonyl (C=O) groups excluding carboxylic acids is 1. The molecular weight excluding hydrogens is 398 g/mol. The Kier molecular flexibility index (Phi) is 5.21. The minimum atomic E-state index is -0.977. The van der Waals surface area contributed by atoms with Gasteiger partial charge >= 0.3 is 0 Å². The molecule has 4 N–H and O–H groups in total. The molecule has 0 radical (unpaired) electrons. The van der Waals surface area contributed by atoms with Gasteiger partial charge in [-0.3, -0.25) is 14.4 Å². The fraction of sp³-hybridized carbons (Fsp3) is 0.174. The van der Waals surface area contributed by atoms with Crippen molar-refractivity contribution in [1.29, 1.82) is 0 Å². The highest BCUT2D eigenvalue weighted by Gasteiger charge is 2.24. The molecule has 0 aliphatic rings. The second-order valence-electron chi connectivity index (χ2n) is 7.23. The van der Waals surface area contributed by atoms with Gasteiger partial charge in [-0.05, 0) is 30.7 Å². The third-order valence-corrected chi connectivity index (χ3v) is 5.24. The van der Waals surface area contributed by atoms with Gasteiger partial charge in [0.25, 0.3) is 17.0 Å². The second kappa shape index (κ2) is 7.98. The highest BCUT2D eigenvalue weighted by molar-refractivity contribution is 6.10. The number of para-hydroxylation sites is 2. The Balaban J connectivity index is 1.86. The summed E-state index contributed by atoms with van der Waals surface area (Å²) in [6.07, 6.45) is 1.55. The quantitative estimate of drug-likeness (QED) is 0.395. The SMILES string of the molecule is CCCCn1c(=O)c(C(=O)Nc2c(O)c3ccccc3[nH]c2=O)c(O)c2ccccc21. The van der Waals surface area contributed by atoms with Crippen molar-refractivity contribution in [2.45, 2.75) is 26.3 Å². The summed E-state index contributed by atoms with van der Waals surface area (Å²) in [6, 6.07) is 13.3. The van der Waals surface area contributed by atoms with Gasteiger partial charge in [0.2, 0.25) is 0 Å². The van der Waals surface area contributed by atoms with E-state index in [-0.39, 0.29) is 0 Å². The molecular formula is C23H21N3O5. The predicted octanol–water partition coefficient (Wildman–Crippen LogP) is 3.31. The largest absolute Gasteiger partial charge is 0.506 e. The van der Waals surface area contributed by atoms with E-state index in [9.17, 15) is 24.6 Å². The molecule has 0 saturated carbocycles. The van der Waals surface area contributed by atoms with E-state index < -0.39 is 39.8 Å². The highest BCUT2D eigenvalue weighted by Crippen LogP contribution is 2.30. The minimum Gasteiger partial charge on any atom is -0.506 e. The van der Waals surface area contributed by atoms with Crippen molar-refractivity contribution in [3.63, 3.8) is 0 Å². The zero-order valence-electron chi connectivity index (χ0n) is 16.8. The second-order valence-corrected chi connectivity index (χ2v) is 7.23. The average Bonchev–Trinajstić information content (AvgIpc) is 2.76. The number of pyridine rings is 2. The van der Waals surface area contributed by atoms with Crippen molar-refractivity contribution in [2.75, 3.05) is 5.32 Å². The fourth-order valence-electron chi connectivity index (χ4n) is 3.65. The van der Waals surface area contributed by atoms with Gasteiger partial charge in [0.15, 0.2) is 11.4 Å². The molecule has 4 aromatic rings. The Hall–Kier alpha value is -4.07. The van der Waals surface area contributed by atoms with Crippen LogP contribution in [-0.4, -0.2) is 25.7 Å². The number of H-pyrrole nitrogens is 1. The van der Waals surface area contributed by atoms with Crippen LogP contribution in [0.4, 0.5) is 5.69 Å². The number of anilines is 1. The number of hydrogen-bond acceptors (Lipinski definition) is 5. The predicted molar refractivity (Wildman–Crippen MR) is 119 cm³/mol. The molecule has 0 bridgehead atoms. The van der Waals surface area contributed by atoms with Crippen LogP contribution in [-0.2, 0) is 6.54 Å². The summed E-state index contributed by atoms with van der Waals surface area (Å²) in [4.78, 5) is 41.1. The van der Waals surface area contributed by atoms with Crippen LogP contribution in [0.25, 0.3) is 21.8 Å². The fourth-order valence-corrected chi connectivity index (χ4v) is 3.65. The van der Waals surface area contributed by atoms with Gasteiger partial charge < -0.3 is 25.1 Å². The van der Waals surface area contributed by atoms with Crippen molar-refractivity contribution in [2.24, 2.45) is 0 Å². The van der Waals surface area contributed by atoms with E-state index in [1.807, 2.05) is 6.92 Å². The van der Waals surface area contributed by atoms with Gasteiger partial charge in [0, 0.05) is 17.3 Å². The molecule has 0 aliphatic carbocycles. The number of nitrogens with one attached hydrogen (secondary N) is 2. The van der Waals surface area contributed by atoms with Gasteiger partial charge in [-0.1, -0.05) is 37.6 Å². The summed E-state index contributed by atoms with van der Waals surface area (Å²) in [6.45, 7) is 2.36. The van der Waals surface area contributed by atoms with Crippen LogP contribution in [0.1, 0.15) is 30.1 Å². The van der Waals surface area contributed by atoms with Gasteiger partial charge in [0.1, 0.15) is 11.3 Å². The lowest BCUT2D eigenvalue weighted by atomic mass is 10.1. The number of carbonyl (C=O) groups is 1. The molecule has 0 saturated heterocycles. The van der Waals surface area contributed by atoms with Gasteiger partial charge in [-0.25, -0.2) is 0 Å². The Morgan fingerprint density at radius 2 is 1.68 bits per heavy atom. The van der Waals surface area contributed by atoms with Crippen LogP contribution in [0.15, 0.2) is 58.1 Å². The van der Waals surface area contributed by atoms with Crippen molar-refractivity contribution in [3.8, 4) is 11.5 Å². The molecule has 4 rings (SSSR count). The summed E-state index contributed by atoms with van der Waals surface area (Å²) in [5.74, 6) is -1.86. The first-order valence-corrected chi connectivity index (χ1v) is 9.93. The molecule has 2 aromatic carbocycles. The number of aromatic amines is 1. The molecule has 1 amide bonds. The van der Waals surface area contributed by atoms with Gasteiger partial charge in [-0.15, -0.1) is 0 Å². The van der Waals surface area contributed by atoms with Crippen LogP contribution in [0, 0.1) is 0 Å². The van der Waals surface area contributed by atoms with Crippen LogP contribution in [0.5, 0.6) is 11.5 Å². The lowest BCUT2D eigenvalue weighted by molar-refractivity contribution is 0.102. The molecule has 0 fully saturated rings. The maximum absolute atomic E-state index is 13.1. The van der Waals surface area contributed by atoms with Crippen molar-refractivity contribution < 1.29 is 15.0 Å². The monoisotopic (exact) mass is 419 g/mol. The number of aromatic hydroxyl groups is 2. The highest BCUT2D eigenvalue weighted by atomic mass is 16.3. The smallest absolute Gasteiger partial charge is 0.276 e. The van der Waals surface area contributed by atoms with Crippen LogP contribution in [0.2, 0.25) is 0 Å². The molecule has 31 heavy (non-hydrogen) atoms. The van der Waals surface area contributed by atoms with Crippen LogP contribution < -0.4 is 16.4 Å². The standard InChI is InChI=1S/C23H21N3O5/c1-2-3-12-26-16-11-7-5-9-14(16)19(27)17(23(26)31)21(29)25-18-20(28)13-8-4-6-10-15(13)24-22(18)30/h4-11,27H,2-3,12H2,1H3,(H,25,29)(H2,24,28,30). The third kappa shape index (κ3) is 3.42. The number of rotatable bonds is 5. The van der Waals surface area contributed by atoms with E-state index in [2.05, 4.69) is 10.3 Å². The van der Waals surface area contributed by atoms with Crippen LogP contribution >= 0.6 is 0 Å². The van der Waals surface area contributed by atoms with Crippen molar-refractivity contribution in [1.82, 2.24) is 9.55 Å². The average molecular weight is 419 g/mol. The zero-order valence-corrected chi connectivity index (χ0v) is 16.8. The molecule has 2 heterocycles. The van der Waals surface area contributed by atoms with E-state index in [0.717, 1.165) is 6.42 Å². The summed E-state index contributed by atoms with van der Waals surface area (Å²) < 4.78 is 1.44. The van der Waals surface area contributed by atoms with Crippen molar-refractivity contribution >= 4 is 33.4 Å². The van der Waals surface area contributed by atoms with Gasteiger partial charge in [-0.2, -0.15) is 0 Å². The van der Waals surface area contributed by atoms with Crippen LogP contribution in [0.3, 0.4) is 0 Å². The number of nitrogens with zero attached hydrogens (tertiary/aromatic N) is 1. The molecule has 2 aromatic heterocycles. The van der Waals surface area contributed by atoms with E-state index in [4.69, 9.17) is 0 Å². The summed E-state index contributed by atoms with van der Waals surface area (Å²) in [5.41, 5.74) is -1.35. The van der Waals surface area contributed by atoms with Crippen molar-refractivity contribution in [3.05, 3.63) is 74.8 Å². The van der Waals surface area contributed by atoms with Gasteiger partial charge in [0.05, 0.1) is 11.0 Å². The molecule has 158 valence electrons. The number of aryl methyl sites for hydroxylation is 1. The molecule has 0 unspecified atom stereocenters. The molecule has 0 aliphatic heterocycles. The number of hydrogen-bond donors (Lipinski definition) is 4.